The van der Waals surface area contributed by atoms with Gasteiger partial charge in [-0.05, 0) is 80.0 Å². The molecular formula is C60H37NO2. The van der Waals surface area contributed by atoms with E-state index in [2.05, 4.69) is 223 Å². The number of fused-ring (bicyclic) bond motifs is 10. The standard InChI is InChI=1S/C60H37NO2/c1-2-14-39(15-3-1)46-36-37-55(57-53-21-8-9-29-56(53)62-60(46)57)61(54-28-13-24-47-44-20-7-5-17-40(44)32-35-49(47)54)42-33-30-41(31-34-42)45-22-11-26-51-52-27-12-25-50(59(52)63-58(45)51)48-23-10-18-38-16-4-6-19-43(38)48/h1-37H. The Labute approximate surface area is 363 Å². The highest BCUT2D eigenvalue weighted by molar-refractivity contribution is 6.20. The summed E-state index contributed by atoms with van der Waals surface area (Å²) in [5.74, 6) is 0. The molecule has 13 rings (SSSR count). The van der Waals surface area contributed by atoms with Crippen molar-refractivity contribution in [3.63, 3.8) is 0 Å². The third-order valence-corrected chi connectivity index (χ3v) is 12.9. The van der Waals surface area contributed by atoms with Crippen LogP contribution in [0.5, 0.6) is 0 Å². The molecule has 0 N–H and O–H groups in total. The first-order chi connectivity index (χ1) is 31.3. The van der Waals surface area contributed by atoms with E-state index in [9.17, 15) is 0 Å². The normalized spacial score (nSPS) is 11.8. The van der Waals surface area contributed by atoms with Crippen molar-refractivity contribution in [1.29, 1.82) is 0 Å². The first-order valence-electron chi connectivity index (χ1n) is 21.5. The molecule has 0 bridgehead atoms. The first-order valence-corrected chi connectivity index (χ1v) is 21.5. The quantitative estimate of drug-likeness (QED) is 0.157. The summed E-state index contributed by atoms with van der Waals surface area (Å²) < 4.78 is 13.8. The van der Waals surface area contributed by atoms with Crippen molar-refractivity contribution in [3.8, 4) is 33.4 Å². The molecule has 294 valence electrons. The maximum absolute atomic E-state index is 6.98. The predicted octanol–water partition coefficient (Wildman–Crippen LogP) is 17.4. The van der Waals surface area contributed by atoms with Crippen LogP contribution < -0.4 is 4.90 Å². The molecule has 3 heteroatoms. The molecule has 0 unspecified atom stereocenters. The molecule has 3 nitrogen and oxygen atoms in total. The van der Waals surface area contributed by atoms with E-state index in [0.717, 1.165) is 88.8 Å². The van der Waals surface area contributed by atoms with E-state index in [0.29, 0.717) is 0 Å². The zero-order valence-corrected chi connectivity index (χ0v) is 34.1. The van der Waals surface area contributed by atoms with Gasteiger partial charge in [0.25, 0.3) is 0 Å². The fourth-order valence-corrected chi connectivity index (χ4v) is 9.98. The Morgan fingerprint density at radius 2 is 0.841 bits per heavy atom. The second-order valence-electron chi connectivity index (χ2n) is 16.3. The van der Waals surface area contributed by atoms with Crippen LogP contribution in [0.25, 0.3) is 110 Å². The lowest BCUT2D eigenvalue weighted by Gasteiger charge is -2.28. The highest BCUT2D eigenvalue weighted by Crippen LogP contribution is 2.49. The molecule has 0 amide bonds. The van der Waals surface area contributed by atoms with Gasteiger partial charge in [0.15, 0.2) is 0 Å². The number of hydrogen-bond acceptors (Lipinski definition) is 3. The Morgan fingerprint density at radius 1 is 0.270 bits per heavy atom. The molecule has 0 aliphatic rings. The minimum absolute atomic E-state index is 0.860. The zero-order chi connectivity index (χ0) is 41.4. The second kappa shape index (κ2) is 14.1. The largest absolute Gasteiger partial charge is 0.455 e. The molecule has 0 aliphatic carbocycles. The highest BCUT2D eigenvalue weighted by Gasteiger charge is 2.24. The van der Waals surface area contributed by atoms with E-state index in [1.165, 1.54) is 37.9 Å². The maximum atomic E-state index is 6.98. The van der Waals surface area contributed by atoms with Gasteiger partial charge < -0.3 is 13.7 Å². The Morgan fingerprint density at radius 3 is 1.67 bits per heavy atom. The summed E-state index contributed by atoms with van der Waals surface area (Å²) in [6, 6.07) is 80.3. The van der Waals surface area contributed by atoms with Crippen LogP contribution in [0.15, 0.2) is 233 Å². The maximum Gasteiger partial charge on any atom is 0.145 e. The molecule has 63 heavy (non-hydrogen) atoms. The Balaban J connectivity index is 1.02. The van der Waals surface area contributed by atoms with Crippen molar-refractivity contribution >= 4 is 93.3 Å². The SMILES string of the molecule is c1ccc(-c2ccc(N(c3ccc(-c4cccc5c4oc4c(-c6cccc7ccccc67)cccc45)cc3)c3cccc4c3ccc3ccccc34)c3c2oc2ccccc23)cc1. The van der Waals surface area contributed by atoms with Gasteiger partial charge in [-0.1, -0.05) is 188 Å². The number of anilines is 3. The van der Waals surface area contributed by atoms with Gasteiger partial charge in [0.1, 0.15) is 22.3 Å². The van der Waals surface area contributed by atoms with Crippen molar-refractivity contribution in [3.05, 3.63) is 224 Å². The highest BCUT2D eigenvalue weighted by atomic mass is 16.3. The van der Waals surface area contributed by atoms with Crippen LogP contribution in [0.2, 0.25) is 0 Å². The van der Waals surface area contributed by atoms with Gasteiger partial charge >= 0.3 is 0 Å². The molecule has 0 saturated heterocycles. The summed E-state index contributed by atoms with van der Waals surface area (Å²) in [6.45, 7) is 0. The van der Waals surface area contributed by atoms with Crippen molar-refractivity contribution in [2.24, 2.45) is 0 Å². The molecule has 0 aliphatic heterocycles. The van der Waals surface area contributed by atoms with Gasteiger partial charge in [-0.15, -0.1) is 0 Å². The fourth-order valence-electron chi connectivity index (χ4n) is 9.98. The Bertz CT molecular complexity index is 3910. The molecule has 0 atom stereocenters. The van der Waals surface area contributed by atoms with Crippen LogP contribution >= 0.6 is 0 Å². The van der Waals surface area contributed by atoms with Crippen LogP contribution in [0, 0.1) is 0 Å². The number of furan rings is 2. The van der Waals surface area contributed by atoms with Gasteiger partial charge in [0.2, 0.25) is 0 Å². The van der Waals surface area contributed by atoms with Crippen molar-refractivity contribution < 1.29 is 8.83 Å². The number of rotatable bonds is 6. The Hall–Kier alpha value is -8.40. The van der Waals surface area contributed by atoms with Gasteiger partial charge in [-0.3, -0.25) is 0 Å². The monoisotopic (exact) mass is 803 g/mol. The van der Waals surface area contributed by atoms with Gasteiger partial charge in [-0.2, -0.15) is 0 Å². The minimum atomic E-state index is 0.860. The van der Waals surface area contributed by atoms with E-state index < -0.39 is 0 Å². The van der Waals surface area contributed by atoms with E-state index in [-0.39, 0.29) is 0 Å². The number of nitrogens with zero attached hydrogens (tertiary/aromatic N) is 1. The predicted molar refractivity (Wildman–Crippen MR) is 265 cm³/mol. The average molecular weight is 804 g/mol. The van der Waals surface area contributed by atoms with Crippen molar-refractivity contribution in [2.45, 2.75) is 0 Å². The minimum Gasteiger partial charge on any atom is -0.455 e. The molecule has 2 heterocycles. The molecular weight excluding hydrogens is 767 g/mol. The average Bonchev–Trinajstić information content (AvgIpc) is 3.94. The lowest BCUT2D eigenvalue weighted by Crippen LogP contribution is -2.11. The zero-order valence-electron chi connectivity index (χ0n) is 34.1. The molecule has 0 spiro atoms. The second-order valence-corrected chi connectivity index (χ2v) is 16.3. The van der Waals surface area contributed by atoms with Crippen LogP contribution in [0.1, 0.15) is 0 Å². The third-order valence-electron chi connectivity index (χ3n) is 12.9. The van der Waals surface area contributed by atoms with Crippen LogP contribution in [-0.4, -0.2) is 0 Å². The topological polar surface area (TPSA) is 29.5 Å². The summed E-state index contributed by atoms with van der Waals surface area (Å²) in [6.07, 6.45) is 0. The van der Waals surface area contributed by atoms with Crippen molar-refractivity contribution in [1.82, 2.24) is 0 Å². The molecule has 0 saturated carbocycles. The van der Waals surface area contributed by atoms with Gasteiger partial charge in [0.05, 0.1) is 16.8 Å². The molecule has 13 aromatic rings. The lowest BCUT2D eigenvalue weighted by atomic mass is 9.96. The van der Waals surface area contributed by atoms with Crippen LogP contribution in [-0.2, 0) is 0 Å². The first kappa shape index (κ1) is 35.4. The summed E-state index contributed by atoms with van der Waals surface area (Å²) in [4.78, 5) is 2.41. The van der Waals surface area contributed by atoms with E-state index in [1.807, 2.05) is 6.07 Å². The van der Waals surface area contributed by atoms with Gasteiger partial charge in [-0.25, -0.2) is 0 Å². The van der Waals surface area contributed by atoms with E-state index in [4.69, 9.17) is 8.83 Å². The van der Waals surface area contributed by atoms with Crippen LogP contribution in [0.4, 0.5) is 17.1 Å². The van der Waals surface area contributed by atoms with E-state index >= 15 is 0 Å². The van der Waals surface area contributed by atoms with Crippen molar-refractivity contribution in [2.75, 3.05) is 4.90 Å². The smallest absolute Gasteiger partial charge is 0.145 e. The van der Waals surface area contributed by atoms with Gasteiger partial charge in [0, 0.05) is 43.9 Å². The molecule has 0 fully saturated rings. The molecule has 0 radical (unpaired) electrons. The number of benzene rings is 11. The summed E-state index contributed by atoms with van der Waals surface area (Å²) in [7, 11) is 0. The summed E-state index contributed by atoms with van der Waals surface area (Å²) in [5, 5.41) is 11.6. The third kappa shape index (κ3) is 5.53. The summed E-state index contributed by atoms with van der Waals surface area (Å²) in [5.41, 5.74) is 13.3. The van der Waals surface area contributed by atoms with Crippen LogP contribution in [0.3, 0.4) is 0 Å². The number of hydrogen-bond donors (Lipinski definition) is 0. The lowest BCUT2D eigenvalue weighted by molar-refractivity contribution is 0.670. The fraction of sp³-hybridized carbons (Fsp3) is 0. The number of para-hydroxylation sites is 3. The molecule has 2 aromatic heterocycles. The molecule has 11 aromatic carbocycles. The van der Waals surface area contributed by atoms with E-state index in [1.54, 1.807) is 0 Å². The Kier molecular flexibility index (Phi) is 7.91. The summed E-state index contributed by atoms with van der Waals surface area (Å²) >= 11 is 0.